The van der Waals surface area contributed by atoms with Gasteiger partial charge in [-0.05, 0) is 62.3 Å². The molecule has 6 heteroatoms. The van der Waals surface area contributed by atoms with Crippen LogP contribution in [0.5, 0.6) is 0 Å². The Balaban J connectivity index is 2.07. The van der Waals surface area contributed by atoms with Crippen molar-refractivity contribution in [1.29, 1.82) is 0 Å². The zero-order valence-corrected chi connectivity index (χ0v) is 18.7. The lowest BCUT2D eigenvalue weighted by atomic mass is 10.1. The van der Waals surface area contributed by atoms with Crippen molar-refractivity contribution in [2.45, 2.75) is 26.6 Å². The third-order valence-corrected chi connectivity index (χ3v) is 4.87. The molecule has 0 spiro atoms. The molecule has 0 unspecified atom stereocenters. The topological polar surface area (TPSA) is 37.0 Å². The number of rotatable bonds is 11. The first kappa shape index (κ1) is 23.1. The molecule has 0 saturated heterocycles. The third kappa shape index (κ3) is 8.01. The Morgan fingerprint density at radius 1 is 0.966 bits per heavy atom. The van der Waals surface area contributed by atoms with E-state index in [4.69, 9.17) is 21.7 Å². The zero-order valence-electron chi connectivity index (χ0n) is 17.9. The normalized spacial score (nSPS) is 10.8. The lowest BCUT2D eigenvalue weighted by Crippen LogP contribution is -2.43. The van der Waals surface area contributed by atoms with Gasteiger partial charge >= 0.3 is 0 Å². The molecule has 0 saturated carbocycles. The van der Waals surface area contributed by atoms with Gasteiger partial charge in [-0.1, -0.05) is 30.3 Å². The second-order valence-corrected chi connectivity index (χ2v) is 7.28. The monoisotopic (exact) mass is 415 g/mol. The fourth-order valence-electron chi connectivity index (χ4n) is 2.94. The van der Waals surface area contributed by atoms with Crippen LogP contribution in [0.2, 0.25) is 0 Å². The lowest BCUT2D eigenvalue weighted by Gasteiger charge is -2.30. The molecule has 2 aromatic rings. The Labute approximate surface area is 180 Å². The van der Waals surface area contributed by atoms with Crippen molar-refractivity contribution < 1.29 is 9.47 Å². The molecule has 0 radical (unpaired) electrons. The summed E-state index contributed by atoms with van der Waals surface area (Å²) in [6.45, 7) is 6.51. The molecule has 29 heavy (non-hydrogen) atoms. The largest absolute Gasteiger partial charge is 0.378 e. The molecule has 0 atom stereocenters. The molecule has 0 aromatic heterocycles. The average molecular weight is 416 g/mol. The summed E-state index contributed by atoms with van der Waals surface area (Å²) in [5.41, 5.74) is 3.39. The zero-order chi connectivity index (χ0) is 21.1. The number of hydrogen-bond donors (Lipinski definition) is 1. The van der Waals surface area contributed by atoms with Crippen LogP contribution in [0.3, 0.4) is 0 Å². The van der Waals surface area contributed by atoms with Crippen molar-refractivity contribution in [3.05, 3.63) is 60.2 Å². The summed E-state index contributed by atoms with van der Waals surface area (Å²) in [5, 5.41) is 4.03. The van der Waals surface area contributed by atoms with Gasteiger partial charge in [0.1, 0.15) is 0 Å². The number of hydrogen-bond acceptors (Lipinski definition) is 4. The van der Waals surface area contributed by atoms with Gasteiger partial charge in [0, 0.05) is 45.2 Å². The van der Waals surface area contributed by atoms with E-state index in [0.29, 0.717) is 24.9 Å². The molecule has 0 aliphatic carbocycles. The van der Waals surface area contributed by atoms with Gasteiger partial charge < -0.3 is 24.6 Å². The van der Waals surface area contributed by atoms with Gasteiger partial charge in [0.2, 0.25) is 0 Å². The summed E-state index contributed by atoms with van der Waals surface area (Å²) in [4.78, 5) is 4.20. The summed E-state index contributed by atoms with van der Waals surface area (Å²) >= 11 is 5.74. The molecule has 158 valence electrons. The molecular formula is C23H33N3O2S. The minimum atomic E-state index is -0.309. The standard InChI is InChI=1S/C23H33N3O2S/c1-5-27-22(28-6-2)18-26(17-16-19-10-8-7-9-11-19)23(29)24-20-12-14-21(15-13-20)25(3)4/h7-15,22H,5-6,16-18H2,1-4H3,(H,24,29). The van der Waals surface area contributed by atoms with Crippen LogP contribution in [0, 0.1) is 0 Å². The van der Waals surface area contributed by atoms with Crippen molar-refractivity contribution in [3.8, 4) is 0 Å². The molecular weight excluding hydrogens is 382 g/mol. The predicted octanol–water partition coefficient (Wildman–Crippen LogP) is 4.39. The molecule has 0 aliphatic heterocycles. The highest BCUT2D eigenvalue weighted by Gasteiger charge is 2.17. The van der Waals surface area contributed by atoms with Gasteiger partial charge in [0.25, 0.3) is 0 Å². The van der Waals surface area contributed by atoms with E-state index in [1.54, 1.807) is 0 Å². The van der Waals surface area contributed by atoms with E-state index in [1.807, 2.05) is 46.1 Å². The first-order valence-electron chi connectivity index (χ1n) is 10.1. The second-order valence-electron chi connectivity index (χ2n) is 6.89. The fraction of sp³-hybridized carbons (Fsp3) is 0.435. The quantitative estimate of drug-likeness (QED) is 0.433. The van der Waals surface area contributed by atoms with E-state index in [-0.39, 0.29) is 6.29 Å². The van der Waals surface area contributed by atoms with Crippen LogP contribution < -0.4 is 10.2 Å². The predicted molar refractivity (Wildman–Crippen MR) is 126 cm³/mol. The second kappa shape index (κ2) is 12.4. The van der Waals surface area contributed by atoms with Crippen LogP contribution in [0.15, 0.2) is 54.6 Å². The average Bonchev–Trinajstić information content (AvgIpc) is 2.72. The van der Waals surface area contributed by atoms with Crippen LogP contribution in [-0.4, -0.2) is 56.7 Å². The van der Waals surface area contributed by atoms with Gasteiger partial charge in [-0.2, -0.15) is 0 Å². The van der Waals surface area contributed by atoms with Crippen molar-refractivity contribution in [3.63, 3.8) is 0 Å². The fourth-order valence-corrected chi connectivity index (χ4v) is 3.22. The summed E-state index contributed by atoms with van der Waals surface area (Å²) < 4.78 is 11.5. The van der Waals surface area contributed by atoms with Crippen molar-refractivity contribution in [2.75, 3.05) is 50.6 Å². The molecule has 2 rings (SSSR count). The summed E-state index contributed by atoms with van der Waals surface area (Å²) in [6.07, 6.45) is 0.587. The highest BCUT2D eigenvalue weighted by atomic mass is 32.1. The Morgan fingerprint density at radius 3 is 2.14 bits per heavy atom. The van der Waals surface area contributed by atoms with E-state index in [1.165, 1.54) is 5.56 Å². The van der Waals surface area contributed by atoms with Crippen molar-refractivity contribution in [2.24, 2.45) is 0 Å². The molecule has 2 aromatic carbocycles. The number of anilines is 2. The van der Waals surface area contributed by atoms with Gasteiger partial charge in [-0.25, -0.2) is 0 Å². The van der Waals surface area contributed by atoms with E-state index >= 15 is 0 Å². The smallest absolute Gasteiger partial charge is 0.174 e. The van der Waals surface area contributed by atoms with Gasteiger partial charge in [-0.3, -0.25) is 0 Å². The molecule has 5 nitrogen and oxygen atoms in total. The highest BCUT2D eigenvalue weighted by Crippen LogP contribution is 2.16. The SMILES string of the molecule is CCOC(CN(CCc1ccccc1)C(=S)Nc1ccc(N(C)C)cc1)OCC. The van der Waals surface area contributed by atoms with Crippen molar-refractivity contribution >= 4 is 28.7 Å². The van der Waals surface area contributed by atoms with E-state index in [0.717, 1.165) is 24.3 Å². The first-order chi connectivity index (χ1) is 14.0. The Hall–Kier alpha value is -2.15. The van der Waals surface area contributed by atoms with E-state index in [9.17, 15) is 0 Å². The van der Waals surface area contributed by atoms with E-state index < -0.39 is 0 Å². The lowest BCUT2D eigenvalue weighted by molar-refractivity contribution is -0.141. The van der Waals surface area contributed by atoms with Gasteiger partial charge in [0.05, 0.1) is 6.54 Å². The van der Waals surface area contributed by atoms with Crippen LogP contribution in [0.25, 0.3) is 0 Å². The molecule has 0 bridgehead atoms. The number of ether oxygens (including phenoxy) is 2. The minimum Gasteiger partial charge on any atom is -0.378 e. The van der Waals surface area contributed by atoms with Gasteiger partial charge in [-0.15, -0.1) is 0 Å². The molecule has 1 N–H and O–H groups in total. The summed E-state index contributed by atoms with van der Waals surface area (Å²) in [6, 6.07) is 18.7. The molecule has 0 aliphatic rings. The maximum absolute atomic E-state index is 5.75. The minimum absolute atomic E-state index is 0.309. The number of nitrogens with zero attached hydrogens (tertiary/aromatic N) is 2. The van der Waals surface area contributed by atoms with Gasteiger partial charge in [0.15, 0.2) is 11.4 Å². The molecule has 0 amide bonds. The van der Waals surface area contributed by atoms with Crippen molar-refractivity contribution in [1.82, 2.24) is 4.90 Å². The Morgan fingerprint density at radius 2 is 1.59 bits per heavy atom. The summed E-state index contributed by atoms with van der Waals surface area (Å²) in [5.74, 6) is 0. The molecule has 0 heterocycles. The van der Waals surface area contributed by atoms with Crippen LogP contribution in [0.4, 0.5) is 11.4 Å². The Kier molecular flexibility index (Phi) is 9.91. The van der Waals surface area contributed by atoms with Crippen LogP contribution in [-0.2, 0) is 15.9 Å². The maximum atomic E-state index is 5.75. The van der Waals surface area contributed by atoms with E-state index in [2.05, 4.69) is 51.5 Å². The number of nitrogens with one attached hydrogen (secondary N) is 1. The molecule has 0 fully saturated rings. The maximum Gasteiger partial charge on any atom is 0.174 e. The van der Waals surface area contributed by atoms with Crippen LogP contribution in [0.1, 0.15) is 19.4 Å². The highest BCUT2D eigenvalue weighted by molar-refractivity contribution is 7.80. The Bertz CT molecular complexity index is 717. The number of thiocarbonyl (C=S) groups is 1. The third-order valence-electron chi connectivity index (χ3n) is 4.51. The first-order valence-corrected chi connectivity index (χ1v) is 10.5. The summed E-state index contributed by atoms with van der Waals surface area (Å²) in [7, 11) is 4.06. The van der Waals surface area contributed by atoms with Crippen LogP contribution >= 0.6 is 12.2 Å². The number of benzene rings is 2.